The number of carbonyl (C=O) groups excluding carboxylic acids is 2. The fourth-order valence-corrected chi connectivity index (χ4v) is 6.53. The van der Waals surface area contributed by atoms with Crippen LogP contribution in [0.4, 0.5) is 4.79 Å². The van der Waals surface area contributed by atoms with Crippen molar-refractivity contribution in [3.63, 3.8) is 0 Å². The number of aryl methyl sites for hydroxylation is 1. The highest BCUT2D eigenvalue weighted by atomic mass is 16.6. The summed E-state index contributed by atoms with van der Waals surface area (Å²) in [5, 5.41) is 0. The molecule has 38 heavy (non-hydrogen) atoms. The highest BCUT2D eigenvalue weighted by Crippen LogP contribution is 2.45. The van der Waals surface area contributed by atoms with Crippen molar-refractivity contribution >= 4 is 23.0 Å². The maximum absolute atomic E-state index is 13.5. The fourth-order valence-electron chi connectivity index (χ4n) is 6.53. The first kappa shape index (κ1) is 23.2. The lowest BCUT2D eigenvalue weighted by Crippen LogP contribution is -2.60. The molecule has 2 bridgehead atoms. The number of ether oxygens (including phenoxy) is 2. The van der Waals surface area contributed by atoms with Crippen molar-refractivity contribution in [2.24, 2.45) is 5.92 Å². The maximum atomic E-state index is 13.5. The van der Waals surface area contributed by atoms with E-state index in [2.05, 4.69) is 29.2 Å². The number of ketones is 1. The van der Waals surface area contributed by atoms with Crippen LogP contribution in [0.3, 0.4) is 0 Å². The Bertz CT molecular complexity index is 1500. The summed E-state index contributed by atoms with van der Waals surface area (Å²) < 4.78 is 17.3. The molecule has 3 heterocycles. The van der Waals surface area contributed by atoms with Crippen LogP contribution < -0.4 is 0 Å². The smallest absolute Gasteiger partial charge is 0.410 e. The van der Waals surface area contributed by atoms with E-state index >= 15 is 0 Å². The van der Waals surface area contributed by atoms with Crippen LogP contribution in [0.5, 0.6) is 0 Å². The van der Waals surface area contributed by atoms with E-state index in [4.69, 9.17) is 13.9 Å². The van der Waals surface area contributed by atoms with Crippen LogP contribution in [0.15, 0.2) is 71.1 Å². The van der Waals surface area contributed by atoms with E-state index in [1.807, 2.05) is 29.2 Å². The third-order valence-electron chi connectivity index (χ3n) is 8.22. The van der Waals surface area contributed by atoms with Gasteiger partial charge in [0.05, 0.1) is 25.3 Å². The van der Waals surface area contributed by atoms with Gasteiger partial charge in [-0.2, -0.15) is 0 Å². The molecule has 0 spiro atoms. The van der Waals surface area contributed by atoms with Crippen LogP contribution in [0.25, 0.3) is 22.2 Å². The van der Waals surface area contributed by atoms with Gasteiger partial charge in [-0.1, -0.05) is 48.5 Å². The lowest BCUT2D eigenvalue weighted by Gasteiger charge is -2.47. The number of benzene rings is 3. The Hall–Kier alpha value is -3.97. The molecule has 1 aliphatic carbocycles. The fraction of sp³-hybridized carbons (Fsp3) is 0.323. The number of fused-ring (bicyclic) bond motifs is 6. The molecule has 0 radical (unpaired) electrons. The summed E-state index contributed by atoms with van der Waals surface area (Å²) in [6.07, 6.45) is 0.778. The Morgan fingerprint density at radius 1 is 0.947 bits per heavy atom. The summed E-state index contributed by atoms with van der Waals surface area (Å²) in [6, 6.07) is 21.7. The van der Waals surface area contributed by atoms with Crippen LogP contribution in [-0.2, 0) is 9.47 Å². The molecule has 7 heteroatoms. The highest BCUT2D eigenvalue weighted by molar-refractivity contribution is 6.00. The van der Waals surface area contributed by atoms with Crippen molar-refractivity contribution in [3.8, 4) is 11.1 Å². The maximum Gasteiger partial charge on any atom is 0.410 e. The number of carbonyl (C=O) groups is 2. The van der Waals surface area contributed by atoms with E-state index in [0.29, 0.717) is 48.6 Å². The summed E-state index contributed by atoms with van der Waals surface area (Å²) in [5.74, 6) is 0.484. The van der Waals surface area contributed by atoms with Gasteiger partial charge in [0.2, 0.25) is 0 Å². The Morgan fingerprint density at radius 3 is 2.29 bits per heavy atom. The topological polar surface area (TPSA) is 81.9 Å². The van der Waals surface area contributed by atoms with Crippen molar-refractivity contribution < 1.29 is 23.5 Å². The molecule has 0 N–H and O–H groups in total. The van der Waals surface area contributed by atoms with Gasteiger partial charge < -0.3 is 13.9 Å². The van der Waals surface area contributed by atoms with Gasteiger partial charge in [-0.25, -0.2) is 9.78 Å². The quantitative estimate of drug-likeness (QED) is 0.327. The second-order valence-electron chi connectivity index (χ2n) is 10.5. The van der Waals surface area contributed by atoms with Crippen molar-refractivity contribution in [2.75, 3.05) is 19.8 Å². The minimum Gasteiger partial charge on any atom is -0.448 e. The van der Waals surface area contributed by atoms with Crippen molar-refractivity contribution in [1.82, 2.24) is 9.88 Å². The zero-order valence-corrected chi connectivity index (χ0v) is 21.1. The Balaban J connectivity index is 1.06. The van der Waals surface area contributed by atoms with Crippen molar-refractivity contribution in [1.29, 1.82) is 0 Å². The van der Waals surface area contributed by atoms with Gasteiger partial charge in [0.1, 0.15) is 12.1 Å². The molecule has 1 amide bonds. The molecule has 4 aromatic rings. The number of morpholine rings is 1. The van der Waals surface area contributed by atoms with E-state index in [-0.39, 0.29) is 42.4 Å². The first-order chi connectivity index (χ1) is 18.6. The average Bonchev–Trinajstić information content (AvgIpc) is 3.46. The van der Waals surface area contributed by atoms with Gasteiger partial charge in [0.25, 0.3) is 0 Å². The van der Waals surface area contributed by atoms with Gasteiger partial charge in [0.15, 0.2) is 17.3 Å². The molecule has 3 aromatic carbocycles. The van der Waals surface area contributed by atoms with Crippen molar-refractivity contribution in [3.05, 3.63) is 89.3 Å². The number of oxazole rings is 1. The first-order valence-electron chi connectivity index (χ1n) is 13.2. The number of amides is 1. The minimum atomic E-state index is -0.324. The Labute approximate surface area is 220 Å². The van der Waals surface area contributed by atoms with Gasteiger partial charge in [-0.3, -0.25) is 9.69 Å². The molecule has 7 nitrogen and oxygen atoms in total. The zero-order chi connectivity index (χ0) is 25.8. The summed E-state index contributed by atoms with van der Waals surface area (Å²) in [6.45, 7) is 2.89. The molecular formula is C31H28N2O5. The summed E-state index contributed by atoms with van der Waals surface area (Å²) >= 11 is 0. The molecule has 7 rings (SSSR count). The van der Waals surface area contributed by atoms with E-state index < -0.39 is 0 Å². The van der Waals surface area contributed by atoms with Crippen molar-refractivity contribution in [2.45, 2.75) is 37.8 Å². The van der Waals surface area contributed by atoms with E-state index in [0.717, 1.165) is 0 Å². The van der Waals surface area contributed by atoms with Crippen LogP contribution in [0.1, 0.15) is 46.1 Å². The number of Topliss-reactive ketones (excluding diaryl/α,β-unsaturated/α-hetero) is 1. The monoisotopic (exact) mass is 508 g/mol. The molecule has 2 aliphatic heterocycles. The lowest BCUT2D eigenvalue weighted by molar-refractivity contribution is -0.0747. The number of nitrogens with zero attached hydrogens (tertiary/aromatic N) is 2. The summed E-state index contributed by atoms with van der Waals surface area (Å²) in [7, 11) is 0. The Morgan fingerprint density at radius 2 is 1.61 bits per heavy atom. The third-order valence-corrected chi connectivity index (χ3v) is 8.22. The molecule has 1 aromatic heterocycles. The summed E-state index contributed by atoms with van der Waals surface area (Å²) in [4.78, 5) is 33.1. The average molecular weight is 509 g/mol. The SMILES string of the molecule is Cc1nc2cc(C(=O)C3CC4COCC(C3)N4C(=O)OCC3c4ccccc4-c4ccccc43)ccc2o1. The molecular weight excluding hydrogens is 480 g/mol. The predicted octanol–water partition coefficient (Wildman–Crippen LogP) is 5.75. The van der Waals surface area contributed by atoms with Gasteiger partial charge in [0, 0.05) is 24.3 Å². The molecule has 0 saturated carbocycles. The first-order valence-corrected chi connectivity index (χ1v) is 13.2. The lowest BCUT2D eigenvalue weighted by atomic mass is 9.81. The number of piperidine rings is 1. The number of aromatic nitrogens is 1. The van der Waals surface area contributed by atoms with E-state index in [1.54, 1.807) is 25.1 Å². The Kier molecular flexibility index (Phi) is 5.55. The summed E-state index contributed by atoms with van der Waals surface area (Å²) in [5.41, 5.74) is 6.77. The molecule has 192 valence electrons. The molecule has 2 atom stereocenters. The van der Waals surface area contributed by atoms with Crippen LogP contribution in [0.2, 0.25) is 0 Å². The molecule has 2 saturated heterocycles. The number of hydrogen-bond acceptors (Lipinski definition) is 6. The largest absolute Gasteiger partial charge is 0.448 e. The van der Waals surface area contributed by atoms with Gasteiger partial charge >= 0.3 is 6.09 Å². The van der Waals surface area contributed by atoms with Crippen LogP contribution >= 0.6 is 0 Å². The zero-order valence-electron chi connectivity index (χ0n) is 21.1. The van der Waals surface area contributed by atoms with Crippen LogP contribution in [-0.4, -0.2) is 53.7 Å². The third kappa shape index (κ3) is 3.80. The van der Waals surface area contributed by atoms with Gasteiger partial charge in [-0.15, -0.1) is 0 Å². The number of rotatable bonds is 4. The second kappa shape index (κ2) is 9.10. The van der Waals surface area contributed by atoms with Crippen LogP contribution in [0, 0.1) is 12.8 Å². The van der Waals surface area contributed by atoms with E-state index in [1.165, 1.54) is 22.3 Å². The van der Waals surface area contributed by atoms with Gasteiger partial charge in [-0.05, 0) is 53.3 Å². The number of hydrogen-bond donors (Lipinski definition) is 0. The van der Waals surface area contributed by atoms with E-state index in [9.17, 15) is 9.59 Å². The molecule has 2 unspecified atom stereocenters. The molecule has 3 aliphatic rings. The second-order valence-corrected chi connectivity index (χ2v) is 10.5. The predicted molar refractivity (Wildman–Crippen MR) is 141 cm³/mol. The minimum absolute atomic E-state index is 0.0108. The normalized spacial score (nSPS) is 22.2. The standard InChI is InChI=1S/C31H28N2O5/c1-18-32-28-14-19(10-11-29(28)38-18)30(34)20-12-21-15-36-16-22(13-20)33(21)31(35)37-17-27-25-8-4-2-6-23(25)24-7-3-5-9-26(24)27/h2-11,14,20-22,27H,12-13,15-17H2,1H3. The highest BCUT2D eigenvalue weighted by Gasteiger charge is 2.45. The molecule has 2 fully saturated rings.